The van der Waals surface area contributed by atoms with Gasteiger partial charge >= 0.3 is 0 Å². The van der Waals surface area contributed by atoms with Crippen LogP contribution in [0.15, 0.2) is 60.0 Å². The lowest BCUT2D eigenvalue weighted by molar-refractivity contribution is 0.229. The maximum Gasteiger partial charge on any atom is 0.245 e. The highest BCUT2D eigenvalue weighted by Gasteiger charge is 2.34. The fourth-order valence-electron chi connectivity index (χ4n) is 4.39. The number of imidazole rings is 1. The summed E-state index contributed by atoms with van der Waals surface area (Å²) in [6.45, 7) is 2.19. The second kappa shape index (κ2) is 9.10. The van der Waals surface area contributed by atoms with Crippen LogP contribution in [0.2, 0.25) is 10.0 Å². The Balaban J connectivity index is 1.27. The van der Waals surface area contributed by atoms with Crippen molar-refractivity contribution in [1.29, 1.82) is 0 Å². The monoisotopic (exact) mass is 555 g/mol. The molecule has 0 bridgehead atoms. The molecule has 0 spiro atoms. The van der Waals surface area contributed by atoms with Gasteiger partial charge in [-0.25, -0.2) is 13.4 Å². The Kier molecular flexibility index (Phi) is 5.87. The van der Waals surface area contributed by atoms with Crippen LogP contribution >= 0.6 is 23.2 Å². The van der Waals surface area contributed by atoms with Gasteiger partial charge in [-0.05, 0) is 25.1 Å². The maximum atomic E-state index is 13.0. The van der Waals surface area contributed by atoms with Crippen molar-refractivity contribution in [2.75, 3.05) is 0 Å². The van der Waals surface area contributed by atoms with E-state index in [-0.39, 0.29) is 18.0 Å². The lowest BCUT2D eigenvalue weighted by Crippen LogP contribution is -2.26. The Morgan fingerprint density at radius 1 is 1.05 bits per heavy atom. The Bertz CT molecular complexity index is 1690. The lowest BCUT2D eigenvalue weighted by atomic mass is 10.1. The summed E-state index contributed by atoms with van der Waals surface area (Å²) in [4.78, 5) is 16.0. The average Bonchev–Trinajstić information content (AvgIpc) is 3.58. The van der Waals surface area contributed by atoms with E-state index < -0.39 is 16.1 Å². The molecule has 0 saturated heterocycles. The van der Waals surface area contributed by atoms with Crippen LogP contribution in [0.1, 0.15) is 30.0 Å². The van der Waals surface area contributed by atoms with Crippen LogP contribution in [-0.4, -0.2) is 42.9 Å². The molecule has 1 aliphatic rings. The van der Waals surface area contributed by atoms with E-state index >= 15 is 0 Å². The third kappa shape index (κ3) is 4.13. The van der Waals surface area contributed by atoms with Crippen LogP contribution in [-0.2, 0) is 23.1 Å². The van der Waals surface area contributed by atoms with E-state index in [0.29, 0.717) is 44.1 Å². The molecule has 5 heterocycles. The molecule has 0 aliphatic carbocycles. The zero-order valence-corrected chi connectivity index (χ0v) is 21.6. The van der Waals surface area contributed by atoms with Gasteiger partial charge in [-0.3, -0.25) is 15.1 Å². The first-order valence-electron chi connectivity index (χ1n) is 11.2. The Morgan fingerprint density at radius 2 is 1.86 bits per heavy atom. The number of hydrogen-bond acceptors (Lipinski definition) is 7. The summed E-state index contributed by atoms with van der Waals surface area (Å²) in [5, 5.41) is 9.14. The highest BCUT2D eigenvalue weighted by molar-refractivity contribution is 7.89. The topological polar surface area (TPSA) is 130 Å². The predicted molar refractivity (Wildman–Crippen MR) is 138 cm³/mol. The summed E-state index contributed by atoms with van der Waals surface area (Å²) < 4.78 is 33.5. The standard InChI is InChI=1S/C24H19Cl2N7O3S/c1-13(21-16(25)9-28-10-17(21)26)36-20-6-2-5-15-22(20)31-32-23(15)24-29-18-11-33(12-19(18)30-24)37(34,35)14-4-3-7-27-8-14/h2-10,13H,11-12H2,1H3,(H,29,30)(H,31,32). The van der Waals surface area contributed by atoms with Crippen molar-refractivity contribution in [3.63, 3.8) is 0 Å². The van der Waals surface area contributed by atoms with Crippen molar-refractivity contribution in [2.45, 2.75) is 31.0 Å². The third-order valence-corrected chi connectivity index (χ3v) is 8.56. The second-order valence-corrected chi connectivity index (χ2v) is 11.3. The largest absolute Gasteiger partial charge is 0.484 e. The number of para-hydroxylation sites is 1. The smallest absolute Gasteiger partial charge is 0.245 e. The minimum absolute atomic E-state index is 0.148. The van der Waals surface area contributed by atoms with E-state index in [1.165, 1.54) is 35.2 Å². The maximum absolute atomic E-state index is 13.0. The fourth-order valence-corrected chi connectivity index (χ4v) is 6.40. The summed E-state index contributed by atoms with van der Waals surface area (Å²) in [6.07, 6.45) is 5.48. The molecule has 188 valence electrons. The van der Waals surface area contributed by atoms with Crippen LogP contribution in [0.25, 0.3) is 22.4 Å². The van der Waals surface area contributed by atoms with Gasteiger partial charge in [0.05, 0.1) is 34.5 Å². The van der Waals surface area contributed by atoms with Gasteiger partial charge in [0, 0.05) is 35.7 Å². The molecule has 13 heteroatoms. The first kappa shape index (κ1) is 23.9. The van der Waals surface area contributed by atoms with Crippen LogP contribution in [0.5, 0.6) is 5.75 Å². The van der Waals surface area contributed by atoms with Gasteiger partial charge in [-0.2, -0.15) is 9.40 Å². The SMILES string of the molecule is CC(Oc1cccc2c(-c3nc4c([nH]3)CN(S(=O)(=O)c3cccnc3)C4)n[nH]c12)c1c(Cl)cncc1Cl. The zero-order valence-electron chi connectivity index (χ0n) is 19.3. The number of pyridine rings is 2. The van der Waals surface area contributed by atoms with Gasteiger partial charge in [0.25, 0.3) is 0 Å². The van der Waals surface area contributed by atoms with E-state index in [1.807, 2.05) is 25.1 Å². The number of fused-ring (bicyclic) bond motifs is 2. The molecule has 0 saturated carbocycles. The number of hydrogen-bond donors (Lipinski definition) is 2. The fraction of sp³-hybridized carbons (Fsp3) is 0.167. The van der Waals surface area contributed by atoms with Crippen molar-refractivity contribution < 1.29 is 13.2 Å². The van der Waals surface area contributed by atoms with Gasteiger partial charge in [0.1, 0.15) is 28.0 Å². The molecule has 0 fully saturated rings. The highest BCUT2D eigenvalue weighted by Crippen LogP contribution is 2.37. The molecule has 0 radical (unpaired) electrons. The predicted octanol–water partition coefficient (Wildman–Crippen LogP) is 4.89. The van der Waals surface area contributed by atoms with Gasteiger partial charge in [0.15, 0.2) is 5.82 Å². The van der Waals surface area contributed by atoms with Crippen molar-refractivity contribution in [2.24, 2.45) is 0 Å². The summed E-state index contributed by atoms with van der Waals surface area (Å²) in [7, 11) is -3.67. The van der Waals surface area contributed by atoms with Gasteiger partial charge in [-0.1, -0.05) is 35.3 Å². The highest BCUT2D eigenvalue weighted by atomic mass is 35.5. The molecule has 5 aromatic rings. The van der Waals surface area contributed by atoms with Crippen molar-refractivity contribution in [1.82, 2.24) is 34.4 Å². The average molecular weight is 556 g/mol. The first-order valence-corrected chi connectivity index (χ1v) is 13.4. The number of H-pyrrole nitrogens is 2. The van der Waals surface area contributed by atoms with E-state index in [1.54, 1.807) is 6.07 Å². The van der Waals surface area contributed by atoms with E-state index in [4.69, 9.17) is 27.9 Å². The summed E-state index contributed by atoms with van der Waals surface area (Å²) in [6, 6.07) is 8.72. The molecule has 1 aliphatic heterocycles. The molecule has 2 N–H and O–H groups in total. The number of nitrogens with one attached hydrogen (secondary N) is 2. The van der Waals surface area contributed by atoms with Crippen LogP contribution in [0.3, 0.4) is 0 Å². The third-order valence-electron chi connectivity index (χ3n) is 6.18. The molecule has 1 atom stereocenters. The molecule has 37 heavy (non-hydrogen) atoms. The van der Waals surface area contributed by atoms with E-state index in [0.717, 1.165) is 11.1 Å². The number of benzene rings is 1. The summed E-state index contributed by atoms with van der Waals surface area (Å²) >= 11 is 12.6. The molecule has 4 aromatic heterocycles. The number of aromatic nitrogens is 6. The Labute approximate surface area is 221 Å². The molecule has 1 unspecified atom stereocenters. The number of nitrogens with zero attached hydrogens (tertiary/aromatic N) is 5. The quantitative estimate of drug-likeness (QED) is 0.305. The number of sulfonamides is 1. The van der Waals surface area contributed by atoms with Crippen LogP contribution < -0.4 is 4.74 Å². The molecule has 6 rings (SSSR count). The van der Waals surface area contributed by atoms with Crippen LogP contribution in [0.4, 0.5) is 0 Å². The van der Waals surface area contributed by atoms with Crippen molar-refractivity contribution in [3.8, 4) is 17.3 Å². The second-order valence-electron chi connectivity index (χ2n) is 8.50. The number of ether oxygens (including phenoxy) is 1. The van der Waals surface area contributed by atoms with E-state index in [9.17, 15) is 8.42 Å². The Hall–Kier alpha value is -3.51. The number of rotatable bonds is 6. The normalized spacial score (nSPS) is 14.7. The zero-order chi connectivity index (χ0) is 25.7. The number of halogens is 2. The first-order chi connectivity index (χ1) is 17.8. The molecular weight excluding hydrogens is 537 g/mol. The summed E-state index contributed by atoms with van der Waals surface area (Å²) in [5.74, 6) is 1.11. The van der Waals surface area contributed by atoms with Crippen LogP contribution in [0, 0.1) is 0 Å². The number of aromatic amines is 2. The van der Waals surface area contributed by atoms with Gasteiger partial charge < -0.3 is 9.72 Å². The molecule has 0 amide bonds. The van der Waals surface area contributed by atoms with Crippen molar-refractivity contribution in [3.05, 3.63) is 82.1 Å². The van der Waals surface area contributed by atoms with Gasteiger partial charge in [0.2, 0.25) is 10.0 Å². The van der Waals surface area contributed by atoms with E-state index in [2.05, 4.69) is 30.1 Å². The van der Waals surface area contributed by atoms with Gasteiger partial charge in [-0.15, -0.1) is 0 Å². The molecule has 1 aromatic carbocycles. The molecule has 10 nitrogen and oxygen atoms in total. The molecular formula is C24H19Cl2N7O3S. The van der Waals surface area contributed by atoms with Crippen molar-refractivity contribution >= 4 is 44.1 Å². The minimum Gasteiger partial charge on any atom is -0.484 e. The summed E-state index contributed by atoms with van der Waals surface area (Å²) in [5.41, 5.74) is 3.30. The Morgan fingerprint density at radius 3 is 2.59 bits per heavy atom. The lowest BCUT2D eigenvalue weighted by Gasteiger charge is -2.17. The minimum atomic E-state index is -3.67.